The standard InChI is InChI=1S/C21H40N4O2/c1-6-9-24-15-18(12-17-13-19(26)7-8-20(17)24)22-21(27)25(14-16(2)3)11-10-23(4)5/h16-18,20H,6-15H2,1-5H3,(H,22,27)/t17-,18+,20-/m1/s1. The van der Waals surface area contributed by atoms with Gasteiger partial charge in [-0.05, 0) is 51.7 Å². The molecule has 0 unspecified atom stereocenters. The summed E-state index contributed by atoms with van der Waals surface area (Å²) in [6, 6.07) is 0.717. The van der Waals surface area contributed by atoms with Gasteiger partial charge in [-0.1, -0.05) is 20.8 Å². The Morgan fingerprint density at radius 2 is 2.04 bits per heavy atom. The fraction of sp³-hybridized carbons (Fsp3) is 0.905. The Balaban J connectivity index is 2.00. The zero-order valence-corrected chi connectivity index (χ0v) is 18.0. The summed E-state index contributed by atoms with van der Waals surface area (Å²) in [6.07, 6.45) is 4.46. The molecule has 1 saturated carbocycles. The molecule has 1 saturated heterocycles. The Bertz CT molecular complexity index is 495. The molecule has 1 aliphatic carbocycles. The van der Waals surface area contributed by atoms with Crippen molar-refractivity contribution in [2.75, 3.05) is 46.8 Å². The Hall–Kier alpha value is -1.14. The van der Waals surface area contributed by atoms with Crippen LogP contribution in [0.4, 0.5) is 4.79 Å². The number of likely N-dealkylation sites (tertiary alicyclic amines) is 1. The van der Waals surface area contributed by atoms with Crippen LogP contribution in [0.1, 0.15) is 52.9 Å². The Labute approximate surface area is 165 Å². The molecule has 1 N–H and O–H groups in total. The van der Waals surface area contributed by atoms with Gasteiger partial charge in [0, 0.05) is 51.1 Å². The fourth-order valence-corrected chi connectivity index (χ4v) is 4.61. The number of Topliss-reactive ketones (excluding diaryl/α,β-unsaturated/α-hetero) is 1. The molecule has 1 heterocycles. The molecular weight excluding hydrogens is 340 g/mol. The van der Waals surface area contributed by atoms with Crippen molar-refractivity contribution in [3.8, 4) is 0 Å². The van der Waals surface area contributed by atoms with Crippen molar-refractivity contribution in [2.24, 2.45) is 11.8 Å². The van der Waals surface area contributed by atoms with E-state index in [0.29, 0.717) is 30.1 Å². The van der Waals surface area contributed by atoms with Crippen molar-refractivity contribution in [3.63, 3.8) is 0 Å². The lowest BCUT2D eigenvalue weighted by atomic mass is 9.76. The van der Waals surface area contributed by atoms with Gasteiger partial charge in [-0.2, -0.15) is 0 Å². The highest BCUT2D eigenvalue weighted by Gasteiger charge is 2.39. The van der Waals surface area contributed by atoms with E-state index in [2.05, 4.69) is 35.9 Å². The summed E-state index contributed by atoms with van der Waals surface area (Å²) in [6.45, 7) is 10.9. The van der Waals surface area contributed by atoms with Crippen molar-refractivity contribution in [1.29, 1.82) is 0 Å². The van der Waals surface area contributed by atoms with Gasteiger partial charge in [0.25, 0.3) is 0 Å². The summed E-state index contributed by atoms with van der Waals surface area (Å²) in [5.41, 5.74) is 0. The molecule has 0 aromatic carbocycles. The Kier molecular flexibility index (Phi) is 8.55. The van der Waals surface area contributed by atoms with Crippen LogP contribution in [0.3, 0.4) is 0 Å². The smallest absolute Gasteiger partial charge is 0.317 e. The van der Waals surface area contributed by atoms with Gasteiger partial charge in [-0.25, -0.2) is 4.79 Å². The number of amides is 2. The second kappa shape index (κ2) is 10.4. The monoisotopic (exact) mass is 380 g/mol. The van der Waals surface area contributed by atoms with Gasteiger partial charge in [0.15, 0.2) is 0 Å². The number of piperidine rings is 1. The summed E-state index contributed by atoms with van der Waals surface area (Å²) < 4.78 is 0. The normalized spacial score (nSPS) is 26.3. The van der Waals surface area contributed by atoms with Gasteiger partial charge in [-0.15, -0.1) is 0 Å². The van der Waals surface area contributed by atoms with E-state index in [1.807, 2.05) is 19.0 Å². The van der Waals surface area contributed by atoms with Gasteiger partial charge >= 0.3 is 6.03 Å². The third-order valence-corrected chi connectivity index (χ3v) is 5.79. The maximum absolute atomic E-state index is 13.0. The quantitative estimate of drug-likeness (QED) is 0.703. The van der Waals surface area contributed by atoms with Crippen LogP contribution >= 0.6 is 0 Å². The number of nitrogens with zero attached hydrogens (tertiary/aromatic N) is 3. The first-order chi connectivity index (χ1) is 12.8. The maximum atomic E-state index is 13.0. The summed E-state index contributed by atoms with van der Waals surface area (Å²) in [5.74, 6) is 1.24. The van der Waals surface area contributed by atoms with E-state index in [1.54, 1.807) is 0 Å². The lowest BCUT2D eigenvalue weighted by molar-refractivity contribution is -0.124. The van der Waals surface area contributed by atoms with E-state index in [4.69, 9.17) is 0 Å². The maximum Gasteiger partial charge on any atom is 0.317 e. The molecule has 2 amide bonds. The molecule has 27 heavy (non-hydrogen) atoms. The lowest BCUT2D eigenvalue weighted by Gasteiger charge is -2.47. The Morgan fingerprint density at radius 3 is 2.67 bits per heavy atom. The van der Waals surface area contributed by atoms with Crippen LogP contribution < -0.4 is 5.32 Å². The number of rotatable bonds is 8. The predicted octanol–water partition coefficient (Wildman–Crippen LogP) is 2.44. The van der Waals surface area contributed by atoms with Crippen LogP contribution in [0.5, 0.6) is 0 Å². The van der Waals surface area contributed by atoms with E-state index in [0.717, 1.165) is 58.4 Å². The molecule has 6 heteroatoms. The van der Waals surface area contributed by atoms with Crippen molar-refractivity contribution >= 4 is 11.8 Å². The highest BCUT2D eigenvalue weighted by molar-refractivity contribution is 5.79. The largest absolute Gasteiger partial charge is 0.334 e. The van der Waals surface area contributed by atoms with Crippen LogP contribution in [0, 0.1) is 11.8 Å². The number of nitrogens with one attached hydrogen (secondary N) is 1. The van der Waals surface area contributed by atoms with Crippen LogP contribution in [0.15, 0.2) is 0 Å². The molecule has 1 aliphatic heterocycles. The fourth-order valence-electron chi connectivity index (χ4n) is 4.61. The number of hydrogen-bond donors (Lipinski definition) is 1. The highest BCUT2D eigenvalue weighted by Crippen LogP contribution is 2.34. The van der Waals surface area contributed by atoms with Crippen LogP contribution in [0.2, 0.25) is 0 Å². The minimum absolute atomic E-state index is 0.0487. The number of carbonyl (C=O) groups excluding carboxylic acids is 2. The highest BCUT2D eigenvalue weighted by atomic mass is 16.2. The molecule has 156 valence electrons. The van der Waals surface area contributed by atoms with E-state index in [9.17, 15) is 9.59 Å². The molecule has 2 fully saturated rings. The summed E-state index contributed by atoms with van der Waals surface area (Å²) in [7, 11) is 4.07. The molecule has 2 rings (SSSR count). The van der Waals surface area contributed by atoms with Gasteiger partial charge < -0.3 is 15.1 Å². The first kappa shape index (κ1) is 22.2. The lowest BCUT2D eigenvalue weighted by Crippen LogP contribution is -2.59. The van der Waals surface area contributed by atoms with Crippen molar-refractivity contribution < 1.29 is 9.59 Å². The van der Waals surface area contributed by atoms with E-state index in [1.165, 1.54) is 0 Å². The van der Waals surface area contributed by atoms with Crippen molar-refractivity contribution in [2.45, 2.75) is 65.0 Å². The zero-order chi connectivity index (χ0) is 20.0. The second-order valence-electron chi connectivity index (χ2n) is 9.13. The van der Waals surface area contributed by atoms with E-state index in [-0.39, 0.29) is 12.1 Å². The topological polar surface area (TPSA) is 55.9 Å². The summed E-state index contributed by atoms with van der Waals surface area (Å²) in [5, 5.41) is 3.30. The van der Waals surface area contributed by atoms with Crippen LogP contribution in [-0.4, -0.2) is 85.4 Å². The van der Waals surface area contributed by atoms with Crippen molar-refractivity contribution in [3.05, 3.63) is 0 Å². The molecule has 0 spiro atoms. The number of urea groups is 1. The number of fused-ring (bicyclic) bond motifs is 1. The third-order valence-electron chi connectivity index (χ3n) is 5.79. The molecular formula is C21H40N4O2. The zero-order valence-electron chi connectivity index (χ0n) is 18.0. The third kappa shape index (κ3) is 6.75. The summed E-state index contributed by atoms with van der Waals surface area (Å²) >= 11 is 0. The molecule has 3 atom stereocenters. The molecule has 0 bridgehead atoms. The van der Waals surface area contributed by atoms with Gasteiger partial charge in [0.2, 0.25) is 0 Å². The van der Waals surface area contributed by atoms with Gasteiger partial charge in [-0.3, -0.25) is 9.69 Å². The van der Waals surface area contributed by atoms with E-state index < -0.39 is 0 Å². The van der Waals surface area contributed by atoms with Gasteiger partial charge in [0.05, 0.1) is 0 Å². The second-order valence-corrected chi connectivity index (χ2v) is 9.13. The number of carbonyl (C=O) groups is 2. The van der Waals surface area contributed by atoms with Crippen LogP contribution in [-0.2, 0) is 4.79 Å². The predicted molar refractivity (Wildman–Crippen MR) is 110 cm³/mol. The Morgan fingerprint density at radius 1 is 1.30 bits per heavy atom. The van der Waals surface area contributed by atoms with Crippen LogP contribution in [0.25, 0.3) is 0 Å². The molecule has 0 aromatic rings. The number of likely N-dealkylation sites (N-methyl/N-ethyl adjacent to an activating group) is 1. The van der Waals surface area contributed by atoms with Crippen molar-refractivity contribution in [1.82, 2.24) is 20.0 Å². The molecule has 2 aliphatic rings. The van der Waals surface area contributed by atoms with Gasteiger partial charge in [0.1, 0.15) is 5.78 Å². The molecule has 0 radical (unpaired) electrons. The first-order valence-electron chi connectivity index (χ1n) is 10.8. The summed E-state index contributed by atoms with van der Waals surface area (Å²) in [4.78, 5) is 31.5. The number of hydrogen-bond acceptors (Lipinski definition) is 4. The minimum Gasteiger partial charge on any atom is -0.334 e. The minimum atomic E-state index is 0.0487. The first-order valence-corrected chi connectivity index (χ1v) is 10.8. The average molecular weight is 381 g/mol. The molecule has 6 nitrogen and oxygen atoms in total. The molecule has 0 aromatic heterocycles. The average Bonchev–Trinajstić information content (AvgIpc) is 2.57. The number of ketones is 1. The SMILES string of the molecule is CCCN1C[C@@H](NC(=O)N(CCN(C)C)CC(C)C)C[C@@H]2CC(=O)CC[C@H]21. The van der Waals surface area contributed by atoms with E-state index >= 15 is 0 Å².